The highest BCUT2D eigenvalue weighted by Crippen LogP contribution is 2.30. The van der Waals surface area contributed by atoms with Crippen molar-refractivity contribution < 1.29 is 9.53 Å². The lowest BCUT2D eigenvalue weighted by Crippen LogP contribution is -2.19. The molecule has 0 radical (unpaired) electrons. The molecule has 18 heavy (non-hydrogen) atoms. The van der Waals surface area contributed by atoms with Crippen LogP contribution in [0.2, 0.25) is 0 Å². The number of esters is 1. The summed E-state index contributed by atoms with van der Waals surface area (Å²) in [5.74, 6) is 1.22. The number of thiazole rings is 1. The summed E-state index contributed by atoms with van der Waals surface area (Å²) in [5.41, 5.74) is 0.820. The van der Waals surface area contributed by atoms with E-state index in [1.807, 2.05) is 12.3 Å². The van der Waals surface area contributed by atoms with Crippen molar-refractivity contribution in [1.29, 1.82) is 0 Å². The highest BCUT2D eigenvalue weighted by molar-refractivity contribution is 7.13. The number of anilines is 1. The third-order valence-electron chi connectivity index (χ3n) is 3.43. The van der Waals surface area contributed by atoms with Crippen LogP contribution in [0, 0.1) is 11.8 Å². The average molecular weight is 268 g/mol. The molecule has 1 saturated heterocycles. The monoisotopic (exact) mass is 268 g/mol. The lowest BCUT2D eigenvalue weighted by molar-refractivity contribution is -0.142. The van der Waals surface area contributed by atoms with Crippen LogP contribution in [0.25, 0.3) is 0 Å². The third kappa shape index (κ3) is 3.02. The predicted octanol–water partition coefficient (Wildman–Crippen LogP) is 2.34. The zero-order valence-corrected chi connectivity index (χ0v) is 12.0. The van der Waals surface area contributed by atoms with Gasteiger partial charge in [0, 0.05) is 18.5 Å². The van der Waals surface area contributed by atoms with Crippen LogP contribution in [0.1, 0.15) is 26.5 Å². The lowest BCUT2D eigenvalue weighted by Gasteiger charge is -2.13. The molecule has 100 valence electrons. The summed E-state index contributed by atoms with van der Waals surface area (Å²) in [5, 5.41) is 2.99. The number of hydrogen-bond acceptors (Lipinski definition) is 5. The van der Waals surface area contributed by atoms with Crippen LogP contribution in [0.15, 0.2) is 5.38 Å². The Kier molecular flexibility index (Phi) is 4.22. The van der Waals surface area contributed by atoms with Crippen molar-refractivity contribution in [3.63, 3.8) is 0 Å². The summed E-state index contributed by atoms with van der Waals surface area (Å²) < 4.78 is 4.93. The smallest absolute Gasteiger partial charge is 0.311 e. The van der Waals surface area contributed by atoms with Gasteiger partial charge in [-0.15, -0.1) is 11.3 Å². The van der Waals surface area contributed by atoms with Crippen LogP contribution in [0.5, 0.6) is 0 Å². The van der Waals surface area contributed by atoms with E-state index < -0.39 is 0 Å². The Morgan fingerprint density at radius 2 is 2.17 bits per heavy atom. The first-order valence-electron chi connectivity index (χ1n) is 6.45. The number of aromatic nitrogens is 1. The van der Waals surface area contributed by atoms with E-state index in [1.54, 1.807) is 11.3 Å². The first-order chi connectivity index (χ1) is 8.60. The Hall–Kier alpha value is -1.10. The Morgan fingerprint density at radius 1 is 1.50 bits per heavy atom. The number of ether oxygens (including phenoxy) is 1. The Labute approximate surface area is 112 Å². The minimum Gasteiger partial charge on any atom is -0.466 e. The first kappa shape index (κ1) is 13.3. The standard InChI is InChI=1S/C13H20N2O2S/c1-4-17-12(16)5-11-8-18-13(14-11)15-6-9(2)10(3)7-15/h8-10H,4-7H2,1-3H3. The molecule has 1 aliphatic heterocycles. The summed E-state index contributed by atoms with van der Waals surface area (Å²) in [7, 11) is 0. The fourth-order valence-corrected chi connectivity index (χ4v) is 3.01. The van der Waals surface area contributed by atoms with Crippen molar-refractivity contribution in [2.75, 3.05) is 24.6 Å². The summed E-state index contributed by atoms with van der Waals surface area (Å²) in [4.78, 5) is 18.2. The molecule has 1 aromatic heterocycles. The van der Waals surface area contributed by atoms with Gasteiger partial charge < -0.3 is 9.64 Å². The van der Waals surface area contributed by atoms with E-state index in [0.29, 0.717) is 18.4 Å². The number of rotatable bonds is 4. The van der Waals surface area contributed by atoms with Crippen molar-refractivity contribution in [1.82, 2.24) is 4.98 Å². The minimum absolute atomic E-state index is 0.197. The molecule has 2 rings (SSSR count). The highest BCUT2D eigenvalue weighted by Gasteiger charge is 2.27. The van der Waals surface area contributed by atoms with Crippen molar-refractivity contribution in [2.45, 2.75) is 27.2 Å². The van der Waals surface area contributed by atoms with Gasteiger partial charge in [0.25, 0.3) is 0 Å². The number of carbonyl (C=O) groups is 1. The van der Waals surface area contributed by atoms with Crippen molar-refractivity contribution in [3.05, 3.63) is 11.1 Å². The fraction of sp³-hybridized carbons (Fsp3) is 0.692. The van der Waals surface area contributed by atoms with Gasteiger partial charge in [-0.05, 0) is 18.8 Å². The van der Waals surface area contributed by atoms with Gasteiger partial charge in [-0.3, -0.25) is 4.79 Å². The molecule has 0 aliphatic carbocycles. The number of hydrogen-bond donors (Lipinski definition) is 0. The van der Waals surface area contributed by atoms with E-state index in [0.717, 1.165) is 23.9 Å². The molecule has 1 aliphatic rings. The molecule has 2 heterocycles. The van der Waals surface area contributed by atoms with Crippen LogP contribution >= 0.6 is 11.3 Å². The lowest BCUT2D eigenvalue weighted by atomic mass is 10.0. The van der Waals surface area contributed by atoms with Crippen LogP contribution in [0.3, 0.4) is 0 Å². The highest BCUT2D eigenvalue weighted by atomic mass is 32.1. The van der Waals surface area contributed by atoms with Gasteiger partial charge in [-0.1, -0.05) is 13.8 Å². The second kappa shape index (κ2) is 5.69. The van der Waals surface area contributed by atoms with Crippen LogP contribution in [-0.2, 0) is 16.0 Å². The minimum atomic E-state index is -0.197. The van der Waals surface area contributed by atoms with Crippen LogP contribution in [-0.4, -0.2) is 30.6 Å². The van der Waals surface area contributed by atoms with E-state index in [-0.39, 0.29) is 12.4 Å². The van der Waals surface area contributed by atoms with Gasteiger partial charge in [0.15, 0.2) is 5.13 Å². The second-order valence-electron chi connectivity index (χ2n) is 4.96. The third-order valence-corrected chi connectivity index (χ3v) is 4.38. The van der Waals surface area contributed by atoms with Gasteiger partial charge in [-0.2, -0.15) is 0 Å². The number of nitrogens with zero attached hydrogens (tertiary/aromatic N) is 2. The molecular weight excluding hydrogens is 248 g/mol. The Bertz CT molecular complexity index is 409. The van der Waals surface area contributed by atoms with E-state index in [4.69, 9.17) is 4.74 Å². The second-order valence-corrected chi connectivity index (χ2v) is 5.80. The van der Waals surface area contributed by atoms with E-state index in [2.05, 4.69) is 23.7 Å². The molecule has 0 aromatic carbocycles. The predicted molar refractivity (Wildman–Crippen MR) is 73.0 cm³/mol. The summed E-state index contributed by atoms with van der Waals surface area (Å²) >= 11 is 1.62. The molecule has 5 heteroatoms. The van der Waals surface area contributed by atoms with Gasteiger partial charge in [0.2, 0.25) is 0 Å². The average Bonchev–Trinajstić information content (AvgIpc) is 2.87. The summed E-state index contributed by atoms with van der Waals surface area (Å²) in [6.45, 7) is 8.92. The number of carbonyl (C=O) groups excluding carboxylic acids is 1. The summed E-state index contributed by atoms with van der Waals surface area (Å²) in [6, 6.07) is 0. The summed E-state index contributed by atoms with van der Waals surface area (Å²) in [6.07, 6.45) is 0.281. The SMILES string of the molecule is CCOC(=O)Cc1csc(N2CC(C)C(C)C2)n1. The van der Waals surface area contributed by atoms with Gasteiger partial charge in [0.05, 0.1) is 18.7 Å². The van der Waals surface area contributed by atoms with E-state index in [9.17, 15) is 4.79 Å². The van der Waals surface area contributed by atoms with E-state index in [1.165, 1.54) is 0 Å². The maximum absolute atomic E-state index is 11.4. The van der Waals surface area contributed by atoms with Crippen LogP contribution < -0.4 is 4.90 Å². The molecule has 2 atom stereocenters. The molecule has 0 amide bonds. The zero-order valence-electron chi connectivity index (χ0n) is 11.2. The normalized spacial score (nSPS) is 23.4. The topological polar surface area (TPSA) is 42.4 Å². The maximum Gasteiger partial charge on any atom is 0.311 e. The maximum atomic E-state index is 11.4. The molecule has 0 spiro atoms. The van der Waals surface area contributed by atoms with E-state index >= 15 is 0 Å². The van der Waals surface area contributed by atoms with Gasteiger partial charge in [-0.25, -0.2) is 4.98 Å². The largest absolute Gasteiger partial charge is 0.466 e. The molecule has 0 bridgehead atoms. The molecule has 0 N–H and O–H groups in total. The molecule has 1 fully saturated rings. The molecular formula is C13H20N2O2S. The van der Waals surface area contributed by atoms with Crippen molar-refractivity contribution in [3.8, 4) is 0 Å². The molecule has 4 nitrogen and oxygen atoms in total. The Balaban J connectivity index is 1.96. The molecule has 2 unspecified atom stereocenters. The molecule has 0 saturated carbocycles. The molecule has 1 aromatic rings. The fourth-order valence-electron chi connectivity index (χ4n) is 2.17. The van der Waals surface area contributed by atoms with Crippen molar-refractivity contribution >= 4 is 22.4 Å². The van der Waals surface area contributed by atoms with Crippen molar-refractivity contribution in [2.24, 2.45) is 11.8 Å². The van der Waals surface area contributed by atoms with Crippen LogP contribution in [0.4, 0.5) is 5.13 Å². The quantitative estimate of drug-likeness (QED) is 0.786. The Morgan fingerprint density at radius 3 is 2.78 bits per heavy atom. The van der Waals surface area contributed by atoms with Gasteiger partial charge >= 0.3 is 5.97 Å². The zero-order chi connectivity index (χ0) is 13.1. The first-order valence-corrected chi connectivity index (χ1v) is 7.33. The van der Waals surface area contributed by atoms with Gasteiger partial charge in [0.1, 0.15) is 0 Å².